The molecule has 4 heteroatoms. The van der Waals surface area contributed by atoms with Gasteiger partial charge in [-0.05, 0) is 65.9 Å². The first kappa shape index (κ1) is 28.5. The van der Waals surface area contributed by atoms with Crippen LogP contribution in [0, 0.1) is 0 Å². The summed E-state index contributed by atoms with van der Waals surface area (Å²) in [6, 6.07) is 47.9. The second kappa shape index (κ2) is 13.6. The van der Waals surface area contributed by atoms with Crippen molar-refractivity contribution in [3.63, 3.8) is 0 Å². The fourth-order valence-corrected chi connectivity index (χ4v) is 6.39. The molecule has 6 aromatic rings. The molecule has 0 fully saturated rings. The molecule has 0 saturated heterocycles. The van der Waals surface area contributed by atoms with Gasteiger partial charge in [-0.1, -0.05) is 72.8 Å². The van der Waals surface area contributed by atoms with Crippen LogP contribution >= 0.6 is 0 Å². The van der Waals surface area contributed by atoms with Gasteiger partial charge < -0.3 is 9.80 Å². The maximum atomic E-state index is 2.50. The van der Waals surface area contributed by atoms with Crippen molar-refractivity contribution in [2.45, 2.75) is 38.8 Å². The first-order valence-corrected chi connectivity index (χ1v) is 16.2. The normalized spacial score (nSPS) is 12.1. The number of unbranched alkanes of at least 4 members (excludes halogenated alkanes) is 1. The number of aromatic nitrogens is 2. The average molecular weight is 589 g/mol. The summed E-state index contributed by atoms with van der Waals surface area (Å²) < 4.78 is 4.60. The predicted octanol–water partition coefficient (Wildman–Crippen LogP) is 8.96. The van der Waals surface area contributed by atoms with Crippen molar-refractivity contribution in [3.8, 4) is 11.1 Å². The SMILES string of the molecule is c1ccc(CCC[n+]2ccc(-c3cc[n+](CCCCN4c5ccccc5N(c5ccccc5)c5ccccc54)cc3)cc2)cc1. The Labute approximate surface area is 267 Å². The van der Waals surface area contributed by atoms with Gasteiger partial charge in [0.05, 0.1) is 22.7 Å². The quantitative estimate of drug-likeness (QED) is 0.111. The van der Waals surface area contributed by atoms with E-state index in [4.69, 9.17) is 0 Å². The van der Waals surface area contributed by atoms with Gasteiger partial charge in [-0.3, -0.25) is 0 Å². The van der Waals surface area contributed by atoms with Crippen molar-refractivity contribution in [2.75, 3.05) is 16.3 Å². The van der Waals surface area contributed by atoms with Crippen molar-refractivity contribution in [2.24, 2.45) is 0 Å². The zero-order chi connectivity index (χ0) is 30.3. The molecule has 0 amide bonds. The van der Waals surface area contributed by atoms with E-state index in [9.17, 15) is 0 Å². The summed E-state index contributed by atoms with van der Waals surface area (Å²) in [7, 11) is 0. The molecule has 1 aliphatic rings. The molecule has 4 aromatic carbocycles. The molecule has 4 nitrogen and oxygen atoms in total. The van der Waals surface area contributed by atoms with Gasteiger partial charge in [0.2, 0.25) is 0 Å². The molecule has 0 radical (unpaired) electrons. The molecule has 0 atom stereocenters. The number of fused-ring (bicyclic) bond motifs is 2. The van der Waals surface area contributed by atoms with E-state index in [0.29, 0.717) is 0 Å². The smallest absolute Gasteiger partial charge is 0.169 e. The highest BCUT2D eigenvalue weighted by Gasteiger charge is 2.28. The van der Waals surface area contributed by atoms with Crippen LogP contribution in [-0.2, 0) is 19.5 Å². The summed E-state index contributed by atoms with van der Waals surface area (Å²) >= 11 is 0. The van der Waals surface area contributed by atoms with Crippen LogP contribution in [0.2, 0.25) is 0 Å². The fraction of sp³-hybridized carbons (Fsp3) is 0.171. The van der Waals surface area contributed by atoms with E-state index in [2.05, 4.69) is 177 Å². The summed E-state index contributed by atoms with van der Waals surface area (Å²) in [6.07, 6.45) is 13.3. The van der Waals surface area contributed by atoms with Gasteiger partial charge in [0.25, 0.3) is 0 Å². The van der Waals surface area contributed by atoms with Gasteiger partial charge in [-0.2, -0.15) is 0 Å². The number of aryl methyl sites for hydroxylation is 3. The number of nitrogens with zero attached hydrogens (tertiary/aromatic N) is 4. The molecule has 0 bridgehead atoms. The molecule has 0 saturated carbocycles. The van der Waals surface area contributed by atoms with Crippen molar-refractivity contribution < 1.29 is 9.13 Å². The van der Waals surface area contributed by atoms with E-state index in [-0.39, 0.29) is 0 Å². The molecule has 0 spiro atoms. The maximum Gasteiger partial charge on any atom is 0.169 e. The van der Waals surface area contributed by atoms with Crippen LogP contribution in [0.3, 0.4) is 0 Å². The number of pyridine rings is 2. The largest absolute Gasteiger partial charge is 0.338 e. The minimum absolute atomic E-state index is 0.977. The lowest BCUT2D eigenvalue weighted by Crippen LogP contribution is -2.33. The Morgan fingerprint density at radius 3 is 1.44 bits per heavy atom. The van der Waals surface area contributed by atoms with Gasteiger partial charge in [-0.25, -0.2) is 9.13 Å². The van der Waals surface area contributed by atoms with Gasteiger partial charge in [0.15, 0.2) is 24.8 Å². The van der Waals surface area contributed by atoms with Gasteiger partial charge in [0, 0.05) is 49.3 Å². The highest BCUT2D eigenvalue weighted by molar-refractivity contribution is 5.97. The molecule has 7 rings (SSSR count). The topological polar surface area (TPSA) is 14.2 Å². The summed E-state index contributed by atoms with van der Waals surface area (Å²) in [5.41, 5.74) is 10.1. The first-order valence-electron chi connectivity index (χ1n) is 16.2. The summed E-state index contributed by atoms with van der Waals surface area (Å²) in [4.78, 5) is 4.89. The van der Waals surface area contributed by atoms with E-state index >= 15 is 0 Å². The fourth-order valence-electron chi connectivity index (χ4n) is 6.39. The lowest BCUT2D eigenvalue weighted by atomic mass is 10.1. The number of hydrogen-bond acceptors (Lipinski definition) is 2. The van der Waals surface area contributed by atoms with E-state index in [1.807, 2.05) is 0 Å². The third kappa shape index (κ3) is 6.51. The number of anilines is 5. The zero-order valence-corrected chi connectivity index (χ0v) is 25.7. The van der Waals surface area contributed by atoms with Crippen LogP contribution in [0.5, 0.6) is 0 Å². The molecule has 45 heavy (non-hydrogen) atoms. The summed E-state index contributed by atoms with van der Waals surface area (Å²) in [5.74, 6) is 0. The average Bonchev–Trinajstić information content (AvgIpc) is 3.11. The molecule has 0 aliphatic carbocycles. The predicted molar refractivity (Wildman–Crippen MR) is 184 cm³/mol. The van der Waals surface area contributed by atoms with Gasteiger partial charge >= 0.3 is 0 Å². The van der Waals surface area contributed by atoms with E-state index in [1.54, 1.807) is 0 Å². The van der Waals surface area contributed by atoms with Crippen LogP contribution in [0.25, 0.3) is 11.1 Å². The Hall–Kier alpha value is -5.22. The second-order valence-electron chi connectivity index (χ2n) is 11.7. The van der Waals surface area contributed by atoms with Crippen LogP contribution in [0.1, 0.15) is 24.8 Å². The molecule has 1 aliphatic heterocycles. The summed E-state index contributed by atoms with van der Waals surface area (Å²) in [5, 5.41) is 0. The number of benzene rings is 4. The van der Waals surface area contributed by atoms with Crippen LogP contribution < -0.4 is 18.9 Å². The molecule has 0 N–H and O–H groups in total. The number of para-hydroxylation sites is 5. The van der Waals surface area contributed by atoms with E-state index in [1.165, 1.54) is 45.1 Å². The lowest BCUT2D eigenvalue weighted by Gasteiger charge is -2.40. The van der Waals surface area contributed by atoms with Crippen LogP contribution in [-0.4, -0.2) is 6.54 Å². The third-order valence-electron chi connectivity index (χ3n) is 8.73. The van der Waals surface area contributed by atoms with E-state index < -0.39 is 0 Å². The summed E-state index contributed by atoms with van der Waals surface area (Å²) in [6.45, 7) is 3.01. The molecule has 0 unspecified atom stereocenters. The van der Waals surface area contributed by atoms with Crippen LogP contribution in [0.4, 0.5) is 28.4 Å². The molecule has 3 heterocycles. The monoisotopic (exact) mass is 588 g/mol. The maximum absolute atomic E-state index is 2.50. The Bertz CT molecular complexity index is 1770. The van der Waals surface area contributed by atoms with Gasteiger partial charge in [-0.15, -0.1) is 0 Å². The van der Waals surface area contributed by atoms with Crippen molar-refractivity contribution in [3.05, 3.63) is 164 Å². The Morgan fingerprint density at radius 1 is 0.422 bits per heavy atom. The molecular formula is C41H40N4+2. The Kier molecular flexibility index (Phi) is 8.63. The first-order chi connectivity index (χ1) is 22.3. The highest BCUT2D eigenvalue weighted by atomic mass is 15.3. The zero-order valence-electron chi connectivity index (χ0n) is 25.7. The number of rotatable bonds is 11. The van der Waals surface area contributed by atoms with Gasteiger partial charge in [0.1, 0.15) is 13.1 Å². The molecule has 2 aromatic heterocycles. The minimum atomic E-state index is 0.977. The molecular weight excluding hydrogens is 548 g/mol. The molecule has 222 valence electrons. The highest BCUT2D eigenvalue weighted by Crippen LogP contribution is 2.51. The minimum Gasteiger partial charge on any atom is -0.338 e. The van der Waals surface area contributed by atoms with E-state index in [0.717, 1.165) is 45.3 Å². The lowest BCUT2D eigenvalue weighted by molar-refractivity contribution is -0.697. The number of hydrogen-bond donors (Lipinski definition) is 0. The third-order valence-corrected chi connectivity index (χ3v) is 8.73. The standard InChI is InChI=1S/C41H40N4/c1-3-14-34(15-4-1)16-13-28-43-32-25-36(26-33-43)35-23-30-42(31-24-35)27-11-12-29-44-38-19-7-9-21-40(38)45(37-17-5-2-6-18-37)41-22-10-8-20-39(41)44/h1-10,14-15,17-26,30-33H,11-13,16,27-29H2/q+2. The Morgan fingerprint density at radius 2 is 0.889 bits per heavy atom. The van der Waals surface area contributed by atoms with Crippen LogP contribution in [0.15, 0.2) is 158 Å². The Balaban J connectivity index is 0.955. The van der Waals surface area contributed by atoms with Crippen molar-refractivity contribution in [1.29, 1.82) is 0 Å². The second-order valence-corrected chi connectivity index (χ2v) is 11.7. The van der Waals surface area contributed by atoms with Crippen molar-refractivity contribution in [1.82, 2.24) is 0 Å². The van der Waals surface area contributed by atoms with Crippen molar-refractivity contribution >= 4 is 28.4 Å².